The van der Waals surface area contributed by atoms with Gasteiger partial charge in [0.15, 0.2) is 0 Å². The average molecular weight is 285 g/mol. The van der Waals surface area contributed by atoms with Crippen LogP contribution in [0.2, 0.25) is 0 Å². The molecule has 0 fully saturated rings. The number of para-hydroxylation sites is 1. The topological polar surface area (TPSA) is 30.5 Å². The summed E-state index contributed by atoms with van der Waals surface area (Å²) in [6.07, 6.45) is 0.997. The SMILES string of the molecule is COCc1ccc(CNCCCOc2ccccc2)cc1. The third kappa shape index (κ3) is 5.98. The van der Waals surface area contributed by atoms with Crippen LogP contribution in [0.4, 0.5) is 0 Å². The van der Waals surface area contributed by atoms with Crippen molar-refractivity contribution in [1.29, 1.82) is 0 Å². The maximum Gasteiger partial charge on any atom is 0.119 e. The highest BCUT2D eigenvalue weighted by atomic mass is 16.5. The fraction of sp³-hybridized carbons (Fsp3) is 0.333. The summed E-state index contributed by atoms with van der Waals surface area (Å²) in [5, 5.41) is 3.43. The van der Waals surface area contributed by atoms with Crippen LogP contribution in [0.25, 0.3) is 0 Å². The predicted molar refractivity (Wildman–Crippen MR) is 85.4 cm³/mol. The normalized spacial score (nSPS) is 10.5. The Morgan fingerprint density at radius 3 is 2.33 bits per heavy atom. The minimum Gasteiger partial charge on any atom is -0.494 e. The van der Waals surface area contributed by atoms with Crippen molar-refractivity contribution in [2.75, 3.05) is 20.3 Å². The van der Waals surface area contributed by atoms with Crippen LogP contribution in [0.15, 0.2) is 54.6 Å². The minimum absolute atomic E-state index is 0.671. The lowest BCUT2D eigenvalue weighted by Gasteiger charge is -2.08. The summed E-state index contributed by atoms with van der Waals surface area (Å²) in [4.78, 5) is 0. The second-order valence-corrected chi connectivity index (χ2v) is 4.94. The standard InChI is InChI=1S/C18H23NO2/c1-20-15-17-10-8-16(9-11-17)14-19-12-5-13-21-18-6-3-2-4-7-18/h2-4,6-11,19H,5,12-15H2,1H3. The second kappa shape index (κ2) is 9.16. The van der Waals surface area contributed by atoms with Gasteiger partial charge in [-0.15, -0.1) is 0 Å². The van der Waals surface area contributed by atoms with Gasteiger partial charge in [-0.05, 0) is 36.2 Å². The van der Waals surface area contributed by atoms with Gasteiger partial charge >= 0.3 is 0 Å². The van der Waals surface area contributed by atoms with E-state index in [1.165, 1.54) is 11.1 Å². The van der Waals surface area contributed by atoms with Gasteiger partial charge in [-0.3, -0.25) is 0 Å². The van der Waals surface area contributed by atoms with Gasteiger partial charge in [0.2, 0.25) is 0 Å². The van der Waals surface area contributed by atoms with Crippen LogP contribution < -0.4 is 10.1 Å². The van der Waals surface area contributed by atoms with E-state index >= 15 is 0 Å². The number of hydrogen-bond acceptors (Lipinski definition) is 3. The van der Waals surface area contributed by atoms with Crippen molar-refractivity contribution in [2.24, 2.45) is 0 Å². The summed E-state index contributed by atoms with van der Waals surface area (Å²) < 4.78 is 10.7. The van der Waals surface area contributed by atoms with Gasteiger partial charge in [-0.1, -0.05) is 42.5 Å². The summed E-state index contributed by atoms with van der Waals surface area (Å²) in [5.74, 6) is 0.936. The van der Waals surface area contributed by atoms with Crippen molar-refractivity contribution in [2.45, 2.75) is 19.6 Å². The zero-order chi connectivity index (χ0) is 14.8. The maximum atomic E-state index is 5.65. The molecule has 0 atom stereocenters. The minimum atomic E-state index is 0.671. The number of rotatable bonds is 9. The molecule has 0 unspecified atom stereocenters. The molecule has 0 radical (unpaired) electrons. The van der Waals surface area contributed by atoms with Crippen molar-refractivity contribution >= 4 is 0 Å². The highest BCUT2D eigenvalue weighted by Crippen LogP contribution is 2.08. The summed E-state index contributed by atoms with van der Waals surface area (Å²) in [5.41, 5.74) is 2.50. The number of hydrogen-bond donors (Lipinski definition) is 1. The van der Waals surface area contributed by atoms with E-state index in [0.29, 0.717) is 6.61 Å². The smallest absolute Gasteiger partial charge is 0.119 e. The van der Waals surface area contributed by atoms with Crippen molar-refractivity contribution < 1.29 is 9.47 Å². The number of benzene rings is 2. The Bertz CT molecular complexity index is 496. The lowest BCUT2D eigenvalue weighted by molar-refractivity contribution is 0.185. The molecule has 0 aliphatic heterocycles. The monoisotopic (exact) mass is 285 g/mol. The molecule has 2 aromatic rings. The zero-order valence-electron chi connectivity index (χ0n) is 12.5. The molecule has 0 spiro atoms. The Labute approximate surface area is 126 Å². The van der Waals surface area contributed by atoms with E-state index < -0.39 is 0 Å². The molecule has 0 saturated heterocycles. The molecule has 3 nitrogen and oxygen atoms in total. The number of nitrogens with one attached hydrogen (secondary N) is 1. The Kier molecular flexibility index (Phi) is 6.78. The first-order valence-electron chi connectivity index (χ1n) is 7.34. The molecular formula is C18H23NO2. The lowest BCUT2D eigenvalue weighted by atomic mass is 10.1. The van der Waals surface area contributed by atoms with E-state index in [9.17, 15) is 0 Å². The molecule has 0 heterocycles. The fourth-order valence-electron chi connectivity index (χ4n) is 2.06. The van der Waals surface area contributed by atoms with Gasteiger partial charge < -0.3 is 14.8 Å². The van der Waals surface area contributed by atoms with Gasteiger partial charge in [-0.25, -0.2) is 0 Å². The molecule has 112 valence electrons. The van der Waals surface area contributed by atoms with Crippen LogP contribution >= 0.6 is 0 Å². The molecule has 0 bridgehead atoms. The third-order valence-electron chi connectivity index (χ3n) is 3.17. The third-order valence-corrected chi connectivity index (χ3v) is 3.17. The molecule has 0 aliphatic rings. The summed E-state index contributed by atoms with van der Waals surface area (Å²) in [7, 11) is 1.72. The summed E-state index contributed by atoms with van der Waals surface area (Å²) >= 11 is 0. The van der Waals surface area contributed by atoms with E-state index in [4.69, 9.17) is 9.47 Å². The first kappa shape index (κ1) is 15.5. The van der Waals surface area contributed by atoms with Gasteiger partial charge in [-0.2, -0.15) is 0 Å². The van der Waals surface area contributed by atoms with E-state index in [-0.39, 0.29) is 0 Å². The van der Waals surface area contributed by atoms with E-state index in [1.54, 1.807) is 7.11 Å². The second-order valence-electron chi connectivity index (χ2n) is 4.94. The zero-order valence-corrected chi connectivity index (χ0v) is 12.5. The van der Waals surface area contributed by atoms with Crippen molar-refractivity contribution in [3.63, 3.8) is 0 Å². The Morgan fingerprint density at radius 2 is 1.62 bits per heavy atom. The average Bonchev–Trinajstić information content (AvgIpc) is 2.53. The molecule has 1 N–H and O–H groups in total. The highest BCUT2D eigenvalue weighted by molar-refractivity contribution is 5.22. The number of methoxy groups -OCH3 is 1. The quantitative estimate of drug-likeness (QED) is 0.716. The van der Waals surface area contributed by atoms with Crippen molar-refractivity contribution in [1.82, 2.24) is 5.32 Å². The Morgan fingerprint density at radius 1 is 0.905 bits per heavy atom. The van der Waals surface area contributed by atoms with Crippen LogP contribution in [-0.2, 0) is 17.9 Å². The maximum absolute atomic E-state index is 5.65. The van der Waals surface area contributed by atoms with E-state index in [1.807, 2.05) is 30.3 Å². The molecule has 2 aromatic carbocycles. The summed E-state index contributed by atoms with van der Waals surface area (Å²) in [6.45, 7) is 3.25. The number of ether oxygens (including phenoxy) is 2. The highest BCUT2D eigenvalue weighted by Gasteiger charge is 1.95. The van der Waals surface area contributed by atoms with Crippen molar-refractivity contribution in [3.8, 4) is 5.75 Å². The molecule has 0 aliphatic carbocycles. The molecular weight excluding hydrogens is 262 g/mol. The Hall–Kier alpha value is -1.84. The lowest BCUT2D eigenvalue weighted by Crippen LogP contribution is -2.17. The molecule has 21 heavy (non-hydrogen) atoms. The van der Waals surface area contributed by atoms with Crippen LogP contribution in [0.5, 0.6) is 5.75 Å². The van der Waals surface area contributed by atoms with Gasteiger partial charge in [0.25, 0.3) is 0 Å². The first-order chi connectivity index (χ1) is 10.4. The molecule has 0 amide bonds. The Balaban J connectivity index is 1.57. The molecule has 3 heteroatoms. The van der Waals surface area contributed by atoms with Gasteiger partial charge in [0.1, 0.15) is 5.75 Å². The van der Waals surface area contributed by atoms with Crippen LogP contribution in [0, 0.1) is 0 Å². The largest absolute Gasteiger partial charge is 0.494 e. The molecule has 0 saturated carbocycles. The fourth-order valence-corrected chi connectivity index (χ4v) is 2.06. The van der Waals surface area contributed by atoms with Crippen LogP contribution in [0.1, 0.15) is 17.5 Å². The van der Waals surface area contributed by atoms with Crippen molar-refractivity contribution in [3.05, 3.63) is 65.7 Å². The van der Waals surface area contributed by atoms with E-state index in [0.717, 1.165) is 31.9 Å². The van der Waals surface area contributed by atoms with Gasteiger partial charge in [0, 0.05) is 13.7 Å². The summed E-state index contributed by atoms with van der Waals surface area (Å²) in [6, 6.07) is 18.4. The molecule has 0 aromatic heterocycles. The predicted octanol–water partition coefficient (Wildman–Crippen LogP) is 3.39. The van der Waals surface area contributed by atoms with Crippen LogP contribution in [-0.4, -0.2) is 20.3 Å². The molecule has 2 rings (SSSR count). The first-order valence-corrected chi connectivity index (χ1v) is 7.34. The van der Waals surface area contributed by atoms with Gasteiger partial charge in [0.05, 0.1) is 13.2 Å². The van der Waals surface area contributed by atoms with Crippen LogP contribution in [0.3, 0.4) is 0 Å². The van der Waals surface area contributed by atoms with E-state index in [2.05, 4.69) is 29.6 Å².